The molecule has 2 aromatic carbocycles. The lowest BCUT2D eigenvalue weighted by Crippen LogP contribution is -2.07. The number of hydrogen-bond donors (Lipinski definition) is 1. The minimum absolute atomic E-state index is 0.521. The number of hydrogen-bond acceptors (Lipinski definition) is 3. The molecule has 0 amide bonds. The Kier molecular flexibility index (Phi) is 3.76. The molecule has 0 fully saturated rings. The van der Waals surface area contributed by atoms with Gasteiger partial charge in [0.2, 0.25) is 0 Å². The maximum absolute atomic E-state index is 5.98. The predicted molar refractivity (Wildman–Crippen MR) is 85.4 cm³/mol. The summed E-state index contributed by atoms with van der Waals surface area (Å²) in [5.41, 5.74) is 9.33. The van der Waals surface area contributed by atoms with Crippen LogP contribution in [0.5, 0.6) is 0 Å². The van der Waals surface area contributed by atoms with Crippen LogP contribution >= 0.6 is 11.8 Å². The van der Waals surface area contributed by atoms with Crippen molar-refractivity contribution in [2.45, 2.75) is 18.4 Å². The molecule has 0 aliphatic carbocycles. The van der Waals surface area contributed by atoms with Crippen molar-refractivity contribution in [1.29, 1.82) is 0 Å². The van der Waals surface area contributed by atoms with Crippen LogP contribution in [0, 0.1) is 0 Å². The second-order valence-corrected chi connectivity index (χ2v) is 5.81. The Morgan fingerprint density at radius 3 is 2.80 bits per heavy atom. The largest absolute Gasteiger partial charge is 0.326 e. The molecule has 0 aliphatic heterocycles. The average molecular weight is 283 g/mol. The first-order valence-corrected chi connectivity index (χ1v) is 7.71. The van der Waals surface area contributed by atoms with E-state index in [1.165, 1.54) is 4.90 Å². The summed E-state index contributed by atoms with van der Waals surface area (Å²) in [6.45, 7) is 2.67. The van der Waals surface area contributed by atoms with Crippen molar-refractivity contribution in [2.24, 2.45) is 5.73 Å². The van der Waals surface area contributed by atoms with E-state index in [2.05, 4.69) is 42.4 Å². The molecule has 0 aliphatic rings. The van der Waals surface area contributed by atoms with Crippen molar-refractivity contribution in [3.8, 4) is 5.69 Å². The van der Waals surface area contributed by atoms with Crippen molar-refractivity contribution in [1.82, 2.24) is 9.78 Å². The highest BCUT2D eigenvalue weighted by Gasteiger charge is 2.11. The van der Waals surface area contributed by atoms with E-state index in [0.717, 1.165) is 27.9 Å². The van der Waals surface area contributed by atoms with Crippen LogP contribution in [-0.4, -0.2) is 15.5 Å². The highest BCUT2D eigenvalue weighted by Crippen LogP contribution is 2.28. The first-order chi connectivity index (χ1) is 9.85. The van der Waals surface area contributed by atoms with Crippen LogP contribution in [-0.2, 0) is 6.54 Å². The number of nitrogens with zero attached hydrogens (tertiary/aromatic N) is 2. The van der Waals surface area contributed by atoms with Crippen molar-refractivity contribution in [3.05, 3.63) is 54.2 Å². The van der Waals surface area contributed by atoms with Crippen LogP contribution in [0.2, 0.25) is 0 Å². The number of fused-ring (bicyclic) bond motifs is 1. The highest BCUT2D eigenvalue weighted by molar-refractivity contribution is 7.99. The Bertz CT molecular complexity index is 733. The monoisotopic (exact) mass is 283 g/mol. The summed E-state index contributed by atoms with van der Waals surface area (Å²) in [5.74, 6) is 1.04. The van der Waals surface area contributed by atoms with Gasteiger partial charge in [-0.15, -0.1) is 11.8 Å². The summed E-state index contributed by atoms with van der Waals surface area (Å²) in [7, 11) is 0. The van der Waals surface area contributed by atoms with E-state index in [9.17, 15) is 0 Å². The Morgan fingerprint density at radius 2 is 2.00 bits per heavy atom. The van der Waals surface area contributed by atoms with Gasteiger partial charge in [0, 0.05) is 22.4 Å². The van der Waals surface area contributed by atoms with Crippen LogP contribution in [0.25, 0.3) is 16.6 Å². The zero-order chi connectivity index (χ0) is 13.9. The van der Waals surface area contributed by atoms with E-state index in [4.69, 9.17) is 5.73 Å². The number of para-hydroxylation sites is 1. The quantitative estimate of drug-likeness (QED) is 0.744. The van der Waals surface area contributed by atoms with E-state index in [0.29, 0.717) is 6.54 Å². The molecule has 0 bridgehead atoms. The lowest BCUT2D eigenvalue weighted by Gasteiger charge is -2.13. The molecule has 3 aromatic rings. The second kappa shape index (κ2) is 5.69. The van der Waals surface area contributed by atoms with E-state index in [-0.39, 0.29) is 0 Å². The molecule has 0 radical (unpaired) electrons. The molecule has 0 saturated heterocycles. The lowest BCUT2D eigenvalue weighted by molar-refractivity contribution is 0.873. The van der Waals surface area contributed by atoms with Gasteiger partial charge >= 0.3 is 0 Å². The number of thioether (sulfide) groups is 1. The summed E-state index contributed by atoms with van der Waals surface area (Å²) in [6.07, 6.45) is 1.90. The van der Waals surface area contributed by atoms with Crippen LogP contribution in [0.15, 0.2) is 53.6 Å². The molecule has 3 nitrogen and oxygen atoms in total. The van der Waals surface area contributed by atoms with Gasteiger partial charge in [0.1, 0.15) is 0 Å². The predicted octanol–water partition coefficient (Wildman–Crippen LogP) is 3.60. The molecule has 2 N–H and O–H groups in total. The first-order valence-electron chi connectivity index (χ1n) is 6.73. The molecule has 3 rings (SSSR count). The van der Waals surface area contributed by atoms with Crippen molar-refractivity contribution in [3.63, 3.8) is 0 Å². The number of benzene rings is 2. The van der Waals surface area contributed by atoms with Gasteiger partial charge in [0.15, 0.2) is 0 Å². The Hall–Kier alpha value is -1.78. The molecule has 20 heavy (non-hydrogen) atoms. The van der Waals surface area contributed by atoms with Gasteiger partial charge in [-0.2, -0.15) is 5.10 Å². The summed E-state index contributed by atoms with van der Waals surface area (Å²) in [4.78, 5) is 1.24. The normalized spacial score (nSPS) is 11.1. The van der Waals surface area contributed by atoms with Gasteiger partial charge in [-0.1, -0.05) is 31.2 Å². The number of aromatic nitrogens is 2. The molecular formula is C16H17N3S. The first kappa shape index (κ1) is 13.2. The Labute approximate surface area is 122 Å². The third kappa shape index (κ3) is 2.21. The van der Waals surface area contributed by atoms with Gasteiger partial charge in [-0.3, -0.25) is 0 Å². The number of nitrogens with two attached hydrogens (primary N) is 1. The minimum Gasteiger partial charge on any atom is -0.326 e. The topological polar surface area (TPSA) is 43.8 Å². The fraction of sp³-hybridized carbons (Fsp3) is 0.188. The van der Waals surface area contributed by atoms with Crippen molar-refractivity contribution >= 4 is 22.7 Å². The maximum atomic E-state index is 5.98. The zero-order valence-electron chi connectivity index (χ0n) is 11.4. The van der Waals surface area contributed by atoms with E-state index in [1.54, 1.807) is 0 Å². The minimum atomic E-state index is 0.521. The smallest absolute Gasteiger partial charge is 0.0741 e. The summed E-state index contributed by atoms with van der Waals surface area (Å²) < 4.78 is 1.98. The molecule has 4 heteroatoms. The standard InChI is InChI=1S/C16H17N3S/c1-2-20-16-9-5-8-15(13(16)10-17)19-14-7-4-3-6-12(14)11-18-19/h3-9,11H,2,10,17H2,1H3. The zero-order valence-corrected chi connectivity index (χ0v) is 12.2. The molecule has 0 spiro atoms. The van der Waals surface area contributed by atoms with Crippen LogP contribution < -0.4 is 5.73 Å². The summed E-state index contributed by atoms with van der Waals surface area (Å²) in [6, 6.07) is 14.5. The van der Waals surface area contributed by atoms with Gasteiger partial charge in [0.25, 0.3) is 0 Å². The van der Waals surface area contributed by atoms with Crippen molar-refractivity contribution < 1.29 is 0 Å². The van der Waals surface area contributed by atoms with Crippen molar-refractivity contribution in [2.75, 3.05) is 5.75 Å². The van der Waals surface area contributed by atoms with E-state index >= 15 is 0 Å². The van der Waals surface area contributed by atoms with E-state index in [1.807, 2.05) is 34.8 Å². The fourth-order valence-corrected chi connectivity index (χ4v) is 3.26. The molecule has 1 aromatic heterocycles. The van der Waals surface area contributed by atoms with Crippen LogP contribution in [0.3, 0.4) is 0 Å². The third-order valence-corrected chi connectivity index (χ3v) is 4.30. The molecule has 1 heterocycles. The Morgan fingerprint density at radius 1 is 1.15 bits per heavy atom. The van der Waals surface area contributed by atoms with Crippen LogP contribution in [0.1, 0.15) is 12.5 Å². The van der Waals surface area contributed by atoms with Crippen LogP contribution in [0.4, 0.5) is 0 Å². The SMILES string of the molecule is CCSc1cccc(-n2ncc3ccccc32)c1CN. The van der Waals surface area contributed by atoms with Gasteiger partial charge in [-0.05, 0) is 24.0 Å². The second-order valence-electron chi connectivity index (χ2n) is 4.51. The highest BCUT2D eigenvalue weighted by atomic mass is 32.2. The van der Waals surface area contributed by atoms with Gasteiger partial charge in [0.05, 0.1) is 17.4 Å². The van der Waals surface area contributed by atoms with E-state index < -0.39 is 0 Å². The lowest BCUT2D eigenvalue weighted by atomic mass is 10.1. The average Bonchev–Trinajstić information content (AvgIpc) is 2.91. The molecule has 0 saturated carbocycles. The third-order valence-electron chi connectivity index (χ3n) is 3.32. The Balaban J connectivity index is 2.21. The number of rotatable bonds is 4. The fourth-order valence-electron chi connectivity index (χ4n) is 2.41. The molecule has 0 unspecified atom stereocenters. The molecule has 102 valence electrons. The summed E-state index contributed by atoms with van der Waals surface area (Å²) >= 11 is 1.82. The molecule has 0 atom stereocenters. The summed E-state index contributed by atoms with van der Waals surface area (Å²) in [5, 5.41) is 5.67. The van der Waals surface area contributed by atoms with Gasteiger partial charge < -0.3 is 5.73 Å². The molecular weight excluding hydrogens is 266 g/mol. The maximum Gasteiger partial charge on any atom is 0.0741 e. The van der Waals surface area contributed by atoms with Gasteiger partial charge in [-0.25, -0.2) is 4.68 Å².